The second-order valence-electron chi connectivity index (χ2n) is 8.47. The van der Waals surface area contributed by atoms with E-state index in [4.69, 9.17) is 0 Å². The Balaban J connectivity index is 1.31. The third-order valence-corrected chi connectivity index (χ3v) is 6.44. The lowest BCUT2D eigenvalue weighted by atomic mass is 10.1. The van der Waals surface area contributed by atoms with Crippen molar-refractivity contribution in [1.29, 1.82) is 0 Å². The van der Waals surface area contributed by atoms with E-state index in [1.165, 1.54) is 30.6 Å². The highest BCUT2D eigenvalue weighted by Crippen LogP contribution is 2.22. The highest BCUT2D eigenvalue weighted by molar-refractivity contribution is 5.94. The zero-order chi connectivity index (χ0) is 20.8. The molecular formula is C25H34N4O. The van der Waals surface area contributed by atoms with E-state index in [0.717, 1.165) is 51.4 Å². The summed E-state index contributed by atoms with van der Waals surface area (Å²) in [4.78, 5) is 20.0. The van der Waals surface area contributed by atoms with E-state index >= 15 is 0 Å². The Morgan fingerprint density at radius 3 is 2.10 bits per heavy atom. The Morgan fingerprint density at radius 2 is 1.37 bits per heavy atom. The average Bonchev–Trinajstić information content (AvgIpc) is 3.06. The number of rotatable bonds is 5. The lowest BCUT2D eigenvalue weighted by Gasteiger charge is -2.29. The van der Waals surface area contributed by atoms with E-state index in [9.17, 15) is 4.79 Å². The van der Waals surface area contributed by atoms with Gasteiger partial charge in [0.2, 0.25) is 5.91 Å². The van der Waals surface area contributed by atoms with Crippen LogP contribution in [0.15, 0.2) is 54.6 Å². The summed E-state index contributed by atoms with van der Waals surface area (Å²) in [6, 6.07) is 18.8. The first kappa shape index (κ1) is 20.7. The van der Waals surface area contributed by atoms with E-state index in [-0.39, 0.29) is 11.9 Å². The third kappa shape index (κ3) is 5.14. The molecule has 0 radical (unpaired) electrons. The largest absolute Gasteiger partial charge is 0.372 e. The van der Waals surface area contributed by atoms with Gasteiger partial charge in [0.1, 0.15) is 0 Å². The summed E-state index contributed by atoms with van der Waals surface area (Å²) in [5.41, 5.74) is 3.41. The van der Waals surface area contributed by atoms with Crippen molar-refractivity contribution < 1.29 is 4.79 Å². The normalized spacial score (nSPS) is 19.2. The summed E-state index contributed by atoms with van der Waals surface area (Å²) in [6.07, 6.45) is 4.94. The van der Waals surface area contributed by atoms with Gasteiger partial charge in [-0.15, -0.1) is 0 Å². The van der Waals surface area contributed by atoms with E-state index < -0.39 is 0 Å². The van der Waals surface area contributed by atoms with Gasteiger partial charge >= 0.3 is 0 Å². The Morgan fingerprint density at radius 1 is 0.733 bits per heavy atom. The van der Waals surface area contributed by atoms with Crippen molar-refractivity contribution in [2.45, 2.75) is 38.6 Å². The highest BCUT2D eigenvalue weighted by Gasteiger charge is 2.24. The fourth-order valence-corrected chi connectivity index (χ4v) is 4.54. The predicted octanol–water partition coefficient (Wildman–Crippen LogP) is 4.22. The van der Waals surface area contributed by atoms with Gasteiger partial charge in [-0.3, -0.25) is 9.69 Å². The molecule has 2 heterocycles. The van der Waals surface area contributed by atoms with Gasteiger partial charge in [0, 0.05) is 56.3 Å². The number of benzene rings is 2. The topological polar surface area (TPSA) is 38.8 Å². The lowest BCUT2D eigenvalue weighted by molar-refractivity contribution is -0.120. The standard InChI is InChI=1S/C25H34N4O/c1-21(27-17-8-18-29(20-19-27)23-9-4-2-5-10-23)25(30)26-22-11-13-24(14-12-22)28-15-6-3-7-16-28/h2,4-5,9-14,21H,3,6-8,15-20H2,1H3,(H,26,30). The van der Waals surface area contributed by atoms with Crippen molar-refractivity contribution in [2.24, 2.45) is 0 Å². The molecular weight excluding hydrogens is 372 g/mol. The van der Waals surface area contributed by atoms with Gasteiger partial charge in [0.25, 0.3) is 0 Å². The van der Waals surface area contributed by atoms with Crippen LogP contribution in [0.1, 0.15) is 32.6 Å². The number of hydrogen-bond donors (Lipinski definition) is 1. The SMILES string of the molecule is CC(C(=O)Nc1ccc(N2CCCCC2)cc1)N1CCCN(c2ccccc2)CC1. The molecule has 1 unspecified atom stereocenters. The molecule has 0 bridgehead atoms. The van der Waals surface area contributed by atoms with Gasteiger partial charge in [-0.05, 0) is 69.0 Å². The van der Waals surface area contributed by atoms with Crippen LogP contribution in [0.5, 0.6) is 0 Å². The van der Waals surface area contributed by atoms with Crippen molar-refractivity contribution in [3.8, 4) is 0 Å². The minimum absolute atomic E-state index is 0.0777. The molecule has 1 atom stereocenters. The second kappa shape index (κ2) is 9.98. The second-order valence-corrected chi connectivity index (χ2v) is 8.47. The van der Waals surface area contributed by atoms with E-state index in [1.807, 2.05) is 19.1 Å². The summed E-state index contributed by atoms with van der Waals surface area (Å²) in [6.45, 7) is 8.13. The molecule has 2 aromatic carbocycles. The van der Waals surface area contributed by atoms with Crippen LogP contribution < -0.4 is 15.1 Å². The molecule has 4 rings (SSSR count). The number of hydrogen-bond acceptors (Lipinski definition) is 4. The zero-order valence-corrected chi connectivity index (χ0v) is 18.1. The van der Waals surface area contributed by atoms with Crippen LogP contribution >= 0.6 is 0 Å². The Labute approximate surface area is 180 Å². The molecule has 1 amide bonds. The zero-order valence-electron chi connectivity index (χ0n) is 18.1. The molecule has 0 aliphatic carbocycles. The van der Waals surface area contributed by atoms with Gasteiger partial charge in [0.15, 0.2) is 0 Å². The number of amides is 1. The number of anilines is 3. The molecule has 30 heavy (non-hydrogen) atoms. The van der Waals surface area contributed by atoms with Crippen molar-refractivity contribution in [1.82, 2.24) is 4.90 Å². The Bertz CT molecular complexity index is 802. The Hall–Kier alpha value is -2.53. The molecule has 2 aliphatic rings. The van der Waals surface area contributed by atoms with Gasteiger partial charge in [-0.1, -0.05) is 18.2 Å². The van der Waals surface area contributed by atoms with Crippen molar-refractivity contribution >= 4 is 23.0 Å². The van der Waals surface area contributed by atoms with Crippen LogP contribution in [0.25, 0.3) is 0 Å². The molecule has 2 aliphatic heterocycles. The van der Waals surface area contributed by atoms with Crippen molar-refractivity contribution in [3.63, 3.8) is 0 Å². The molecule has 2 saturated heterocycles. The minimum Gasteiger partial charge on any atom is -0.372 e. The van der Waals surface area contributed by atoms with E-state index in [2.05, 4.69) is 62.5 Å². The summed E-state index contributed by atoms with van der Waals surface area (Å²) in [7, 11) is 0. The fraction of sp³-hybridized carbons (Fsp3) is 0.480. The van der Waals surface area contributed by atoms with Crippen molar-refractivity contribution in [2.75, 3.05) is 54.4 Å². The number of carbonyl (C=O) groups is 1. The van der Waals surface area contributed by atoms with Gasteiger partial charge in [-0.25, -0.2) is 0 Å². The quantitative estimate of drug-likeness (QED) is 0.807. The van der Waals surface area contributed by atoms with Crippen LogP contribution in [-0.2, 0) is 4.79 Å². The number of para-hydroxylation sites is 1. The molecule has 0 spiro atoms. The number of carbonyl (C=O) groups excluding carboxylic acids is 1. The molecule has 0 aromatic heterocycles. The monoisotopic (exact) mass is 406 g/mol. The molecule has 160 valence electrons. The van der Waals surface area contributed by atoms with Crippen LogP contribution in [0.4, 0.5) is 17.1 Å². The Kier molecular flexibility index (Phi) is 6.90. The summed E-state index contributed by atoms with van der Waals surface area (Å²) >= 11 is 0. The van der Waals surface area contributed by atoms with Crippen LogP contribution in [-0.4, -0.2) is 56.1 Å². The summed E-state index contributed by atoms with van der Waals surface area (Å²) in [5, 5.41) is 3.12. The van der Waals surface area contributed by atoms with Crippen LogP contribution in [0.2, 0.25) is 0 Å². The first-order valence-electron chi connectivity index (χ1n) is 11.4. The first-order valence-corrected chi connectivity index (χ1v) is 11.4. The maximum Gasteiger partial charge on any atom is 0.241 e. The minimum atomic E-state index is -0.137. The van der Waals surface area contributed by atoms with Crippen LogP contribution in [0.3, 0.4) is 0 Å². The summed E-state index contributed by atoms with van der Waals surface area (Å²) in [5.74, 6) is 0.0777. The first-order chi connectivity index (χ1) is 14.7. The molecule has 2 fully saturated rings. The molecule has 2 aromatic rings. The molecule has 0 saturated carbocycles. The van der Waals surface area contributed by atoms with E-state index in [1.54, 1.807) is 0 Å². The van der Waals surface area contributed by atoms with Gasteiger partial charge < -0.3 is 15.1 Å². The van der Waals surface area contributed by atoms with Crippen molar-refractivity contribution in [3.05, 3.63) is 54.6 Å². The van der Waals surface area contributed by atoms with E-state index in [0.29, 0.717) is 0 Å². The summed E-state index contributed by atoms with van der Waals surface area (Å²) < 4.78 is 0. The predicted molar refractivity (Wildman–Crippen MR) is 125 cm³/mol. The third-order valence-electron chi connectivity index (χ3n) is 6.44. The maximum absolute atomic E-state index is 12.9. The molecule has 5 nitrogen and oxygen atoms in total. The number of piperidine rings is 1. The maximum atomic E-state index is 12.9. The fourth-order valence-electron chi connectivity index (χ4n) is 4.54. The lowest BCUT2D eigenvalue weighted by Crippen LogP contribution is -2.44. The van der Waals surface area contributed by atoms with Gasteiger partial charge in [0.05, 0.1) is 6.04 Å². The van der Waals surface area contributed by atoms with Gasteiger partial charge in [-0.2, -0.15) is 0 Å². The highest BCUT2D eigenvalue weighted by atomic mass is 16.2. The molecule has 1 N–H and O–H groups in total. The average molecular weight is 407 g/mol. The molecule has 5 heteroatoms. The number of nitrogens with zero attached hydrogens (tertiary/aromatic N) is 3. The van der Waals surface area contributed by atoms with Crippen LogP contribution in [0, 0.1) is 0 Å². The number of nitrogens with one attached hydrogen (secondary N) is 1. The smallest absolute Gasteiger partial charge is 0.241 e.